The maximum atomic E-state index is 12.3. The van der Waals surface area contributed by atoms with Crippen LogP contribution in [-0.4, -0.2) is 28.1 Å². The number of aromatic hydroxyl groups is 1. The molecule has 0 aliphatic heterocycles. The van der Waals surface area contributed by atoms with E-state index in [-0.39, 0.29) is 24.5 Å². The maximum Gasteiger partial charge on any atom is 0.339 e. The number of phenolic OH excluding ortho intramolecular Hbond substituents is 1. The van der Waals surface area contributed by atoms with Crippen LogP contribution in [0.15, 0.2) is 21.3 Å². The van der Waals surface area contributed by atoms with Gasteiger partial charge in [0.25, 0.3) is 0 Å². The predicted octanol–water partition coefficient (Wildman–Crippen LogP) is 2.66. The third-order valence-electron chi connectivity index (χ3n) is 4.62. The molecule has 0 radical (unpaired) electrons. The van der Waals surface area contributed by atoms with E-state index >= 15 is 0 Å². The van der Waals surface area contributed by atoms with Gasteiger partial charge in [0.1, 0.15) is 17.4 Å². The number of amides is 1. The third-order valence-corrected chi connectivity index (χ3v) is 4.62. The summed E-state index contributed by atoms with van der Waals surface area (Å²) in [4.78, 5) is 35.7. The van der Waals surface area contributed by atoms with Gasteiger partial charge in [-0.05, 0) is 50.3 Å². The zero-order chi connectivity index (χ0) is 20.3. The minimum atomic E-state index is -1.08. The molecule has 7 nitrogen and oxygen atoms in total. The Balaban J connectivity index is 2.19. The van der Waals surface area contributed by atoms with Crippen LogP contribution in [0.2, 0.25) is 0 Å². The summed E-state index contributed by atoms with van der Waals surface area (Å²) < 4.78 is 5.35. The molecular weight excluding hydrogens is 350 g/mol. The molecule has 1 aromatic carbocycles. The third kappa shape index (κ3) is 4.67. The van der Waals surface area contributed by atoms with Gasteiger partial charge in [-0.1, -0.05) is 13.8 Å². The predicted molar refractivity (Wildman–Crippen MR) is 101 cm³/mol. The van der Waals surface area contributed by atoms with E-state index < -0.39 is 23.5 Å². The minimum absolute atomic E-state index is 0.0178. The fourth-order valence-electron chi connectivity index (χ4n) is 3.07. The number of hydrogen-bond acceptors (Lipinski definition) is 5. The number of nitrogens with one attached hydrogen (secondary N) is 1. The SMILES string of the molecule is Cc1c(CCC(=O)N[C@H](CC(C)C)C(=O)O)c(=O)oc2c(C)c(O)ccc12. The fraction of sp³-hybridized carbons (Fsp3) is 0.450. The van der Waals surface area contributed by atoms with E-state index in [1.807, 2.05) is 13.8 Å². The molecule has 1 atom stereocenters. The Labute approximate surface area is 157 Å². The molecule has 1 heterocycles. The largest absolute Gasteiger partial charge is 0.508 e. The summed E-state index contributed by atoms with van der Waals surface area (Å²) in [6.07, 6.45) is 0.459. The van der Waals surface area contributed by atoms with Crippen LogP contribution in [0.25, 0.3) is 11.0 Å². The molecule has 0 fully saturated rings. The second kappa shape index (κ2) is 8.24. The molecule has 0 bridgehead atoms. The number of aliphatic carboxylic acids is 1. The summed E-state index contributed by atoms with van der Waals surface area (Å²) in [5.74, 6) is -1.33. The van der Waals surface area contributed by atoms with Crippen molar-refractivity contribution in [1.82, 2.24) is 5.32 Å². The van der Waals surface area contributed by atoms with Crippen LogP contribution in [0, 0.1) is 19.8 Å². The number of carboxylic acids is 1. The normalized spacial score (nSPS) is 12.3. The average molecular weight is 375 g/mol. The second-order valence-electron chi connectivity index (χ2n) is 7.17. The Bertz CT molecular complexity index is 928. The molecule has 146 valence electrons. The lowest BCUT2D eigenvalue weighted by Crippen LogP contribution is -2.41. The van der Waals surface area contributed by atoms with Gasteiger partial charge in [-0.3, -0.25) is 4.79 Å². The van der Waals surface area contributed by atoms with Gasteiger partial charge in [-0.25, -0.2) is 9.59 Å². The summed E-state index contributed by atoms with van der Waals surface area (Å²) in [5.41, 5.74) is 1.31. The highest BCUT2D eigenvalue weighted by molar-refractivity contribution is 5.86. The lowest BCUT2D eigenvalue weighted by molar-refractivity contribution is -0.142. The van der Waals surface area contributed by atoms with Gasteiger partial charge in [0.15, 0.2) is 0 Å². The first-order chi connectivity index (χ1) is 12.6. The number of phenols is 1. The first-order valence-corrected chi connectivity index (χ1v) is 8.88. The van der Waals surface area contributed by atoms with Crippen LogP contribution in [0.3, 0.4) is 0 Å². The Morgan fingerprint density at radius 2 is 1.85 bits per heavy atom. The fourth-order valence-corrected chi connectivity index (χ4v) is 3.07. The van der Waals surface area contributed by atoms with Crippen LogP contribution < -0.4 is 10.9 Å². The molecule has 2 rings (SSSR count). The van der Waals surface area contributed by atoms with Gasteiger partial charge in [0, 0.05) is 22.9 Å². The molecule has 0 spiro atoms. The van der Waals surface area contributed by atoms with Crippen molar-refractivity contribution in [2.75, 3.05) is 0 Å². The van der Waals surface area contributed by atoms with Crippen LogP contribution >= 0.6 is 0 Å². The number of rotatable bonds is 7. The number of hydrogen-bond donors (Lipinski definition) is 3. The first kappa shape index (κ1) is 20.5. The number of carboxylic acid groups (broad SMARTS) is 1. The Kier molecular flexibility index (Phi) is 6.25. The zero-order valence-electron chi connectivity index (χ0n) is 16.0. The molecule has 2 aromatic rings. The van der Waals surface area contributed by atoms with E-state index in [2.05, 4.69) is 5.32 Å². The van der Waals surface area contributed by atoms with Crippen LogP contribution in [0.4, 0.5) is 0 Å². The van der Waals surface area contributed by atoms with Crippen molar-refractivity contribution in [3.63, 3.8) is 0 Å². The molecule has 0 aliphatic rings. The molecule has 0 aliphatic carbocycles. The highest BCUT2D eigenvalue weighted by Crippen LogP contribution is 2.28. The van der Waals surface area contributed by atoms with E-state index in [4.69, 9.17) is 4.42 Å². The smallest absolute Gasteiger partial charge is 0.339 e. The van der Waals surface area contributed by atoms with Crippen LogP contribution in [0.5, 0.6) is 5.75 Å². The second-order valence-corrected chi connectivity index (χ2v) is 7.17. The summed E-state index contributed by atoms with van der Waals surface area (Å²) in [6.45, 7) is 7.19. The Hall–Kier alpha value is -2.83. The molecule has 27 heavy (non-hydrogen) atoms. The first-order valence-electron chi connectivity index (χ1n) is 8.88. The molecule has 0 saturated heterocycles. The molecule has 3 N–H and O–H groups in total. The van der Waals surface area contributed by atoms with Crippen molar-refractivity contribution in [2.24, 2.45) is 5.92 Å². The molecule has 7 heteroatoms. The van der Waals surface area contributed by atoms with Crippen LogP contribution in [0.1, 0.15) is 43.4 Å². The van der Waals surface area contributed by atoms with Crippen molar-refractivity contribution in [3.05, 3.63) is 39.2 Å². The quantitative estimate of drug-likeness (QED) is 0.641. The zero-order valence-corrected chi connectivity index (χ0v) is 16.0. The summed E-state index contributed by atoms with van der Waals surface area (Å²) >= 11 is 0. The van der Waals surface area contributed by atoms with E-state index in [0.717, 1.165) is 0 Å². The topological polar surface area (TPSA) is 117 Å². The summed E-state index contributed by atoms with van der Waals surface area (Å²) in [5, 5.41) is 22.2. The van der Waals surface area contributed by atoms with Crippen molar-refractivity contribution in [3.8, 4) is 5.75 Å². The van der Waals surface area contributed by atoms with Crippen molar-refractivity contribution in [2.45, 2.75) is 53.0 Å². The number of carbonyl (C=O) groups excluding carboxylic acids is 1. The monoisotopic (exact) mass is 375 g/mol. The molecule has 0 saturated carbocycles. The highest BCUT2D eigenvalue weighted by Gasteiger charge is 2.22. The van der Waals surface area contributed by atoms with Gasteiger partial charge in [0.2, 0.25) is 5.91 Å². The lowest BCUT2D eigenvalue weighted by Gasteiger charge is -2.16. The molecule has 0 unspecified atom stereocenters. The Morgan fingerprint density at radius 3 is 2.44 bits per heavy atom. The Morgan fingerprint density at radius 1 is 1.19 bits per heavy atom. The van der Waals surface area contributed by atoms with Crippen molar-refractivity contribution < 1.29 is 24.2 Å². The molecule has 1 amide bonds. The summed E-state index contributed by atoms with van der Waals surface area (Å²) in [7, 11) is 0. The van der Waals surface area contributed by atoms with E-state index in [1.54, 1.807) is 19.9 Å². The standard InChI is InChI=1S/C20H25NO6/c1-10(2)9-15(19(24)25)21-17(23)8-6-14-11(3)13-5-7-16(22)12(4)18(13)27-20(14)26/h5,7,10,15,22H,6,8-9H2,1-4H3,(H,21,23)(H,24,25)/t15-/m1/s1. The molecule has 1 aromatic heterocycles. The number of aryl methyl sites for hydroxylation is 2. The van der Waals surface area contributed by atoms with Gasteiger partial charge in [0.05, 0.1) is 0 Å². The number of fused-ring (bicyclic) bond motifs is 1. The average Bonchev–Trinajstić information content (AvgIpc) is 2.57. The van der Waals surface area contributed by atoms with E-state index in [9.17, 15) is 24.6 Å². The maximum absolute atomic E-state index is 12.3. The lowest BCUT2D eigenvalue weighted by atomic mass is 10.00. The van der Waals surface area contributed by atoms with Crippen molar-refractivity contribution >= 4 is 22.8 Å². The number of benzene rings is 1. The van der Waals surface area contributed by atoms with Crippen molar-refractivity contribution in [1.29, 1.82) is 0 Å². The molecular formula is C20H25NO6. The highest BCUT2D eigenvalue weighted by atomic mass is 16.4. The number of carbonyl (C=O) groups is 2. The van der Waals surface area contributed by atoms with Gasteiger partial charge < -0.3 is 19.9 Å². The van der Waals surface area contributed by atoms with E-state index in [0.29, 0.717) is 34.1 Å². The van der Waals surface area contributed by atoms with Gasteiger partial charge in [-0.2, -0.15) is 0 Å². The van der Waals surface area contributed by atoms with E-state index in [1.165, 1.54) is 6.07 Å². The summed E-state index contributed by atoms with van der Waals surface area (Å²) in [6, 6.07) is 2.25. The van der Waals surface area contributed by atoms with Gasteiger partial charge >= 0.3 is 11.6 Å². The minimum Gasteiger partial charge on any atom is -0.508 e. The van der Waals surface area contributed by atoms with Crippen LogP contribution in [-0.2, 0) is 16.0 Å². The van der Waals surface area contributed by atoms with Gasteiger partial charge in [-0.15, -0.1) is 0 Å².